The van der Waals surface area contributed by atoms with Gasteiger partial charge in [-0.1, -0.05) is 217 Å². The fraction of sp³-hybridized carbons (Fsp3) is 0.852. The second kappa shape index (κ2) is 49.7. The van der Waals surface area contributed by atoms with Gasteiger partial charge < -0.3 is 20.3 Å². The van der Waals surface area contributed by atoms with Gasteiger partial charge >= 0.3 is 5.97 Å². The highest BCUT2D eigenvalue weighted by Gasteiger charge is 2.20. The molecule has 0 heterocycles. The highest BCUT2D eigenvalue weighted by atomic mass is 16.5. The maximum Gasteiger partial charge on any atom is 0.305 e. The quantitative estimate of drug-likeness (QED) is 0.0322. The van der Waals surface area contributed by atoms with Crippen molar-refractivity contribution >= 4 is 11.9 Å². The monoisotopic (exact) mass is 844 g/mol. The minimum absolute atomic E-state index is 0.0123. The van der Waals surface area contributed by atoms with Crippen molar-refractivity contribution in [3.8, 4) is 0 Å². The summed E-state index contributed by atoms with van der Waals surface area (Å²) in [5.74, 6) is -0.0638. The molecule has 2 unspecified atom stereocenters. The van der Waals surface area contributed by atoms with Gasteiger partial charge in [-0.2, -0.15) is 0 Å². The Morgan fingerprint density at radius 1 is 0.467 bits per heavy atom. The summed E-state index contributed by atoms with van der Waals surface area (Å²) in [7, 11) is 0. The summed E-state index contributed by atoms with van der Waals surface area (Å²) >= 11 is 0. The van der Waals surface area contributed by atoms with Crippen molar-refractivity contribution < 1.29 is 24.5 Å². The van der Waals surface area contributed by atoms with Crippen LogP contribution in [0.2, 0.25) is 0 Å². The number of carbonyl (C=O) groups is 2. The first-order chi connectivity index (χ1) is 29.5. The third-order valence-corrected chi connectivity index (χ3v) is 11.9. The van der Waals surface area contributed by atoms with E-state index in [1.165, 1.54) is 167 Å². The normalized spacial score (nSPS) is 12.9. The zero-order valence-corrected chi connectivity index (χ0v) is 39.9. The second-order valence-corrected chi connectivity index (χ2v) is 17.8. The van der Waals surface area contributed by atoms with E-state index < -0.39 is 12.1 Å². The van der Waals surface area contributed by atoms with Crippen molar-refractivity contribution in [1.29, 1.82) is 0 Å². The zero-order valence-electron chi connectivity index (χ0n) is 39.9. The van der Waals surface area contributed by atoms with Crippen molar-refractivity contribution in [2.45, 2.75) is 283 Å². The number of amides is 1. The van der Waals surface area contributed by atoms with Gasteiger partial charge in [-0.05, 0) is 77.0 Å². The highest BCUT2D eigenvalue weighted by Crippen LogP contribution is 2.16. The molecule has 0 aliphatic carbocycles. The largest absolute Gasteiger partial charge is 0.466 e. The van der Waals surface area contributed by atoms with Gasteiger partial charge in [-0.15, -0.1) is 0 Å². The smallest absolute Gasteiger partial charge is 0.305 e. The summed E-state index contributed by atoms with van der Waals surface area (Å²) < 4.78 is 5.45. The molecular formula is C54H101NO5. The number of rotatable bonds is 48. The van der Waals surface area contributed by atoms with Crippen molar-refractivity contribution in [2.75, 3.05) is 13.2 Å². The molecule has 0 aliphatic rings. The van der Waals surface area contributed by atoms with Gasteiger partial charge in [0.2, 0.25) is 5.91 Å². The molecule has 2 atom stereocenters. The van der Waals surface area contributed by atoms with Crippen LogP contribution in [0.4, 0.5) is 0 Å². The van der Waals surface area contributed by atoms with Crippen molar-refractivity contribution in [3.63, 3.8) is 0 Å². The summed E-state index contributed by atoms with van der Waals surface area (Å²) in [4.78, 5) is 24.4. The molecule has 0 aromatic carbocycles. The third kappa shape index (κ3) is 45.6. The molecule has 352 valence electrons. The second-order valence-electron chi connectivity index (χ2n) is 17.8. The molecular weight excluding hydrogens is 743 g/mol. The number of allylic oxidation sites excluding steroid dienone is 6. The minimum atomic E-state index is -0.672. The molecule has 0 aromatic rings. The Hall–Kier alpha value is -1.92. The Morgan fingerprint density at radius 3 is 1.33 bits per heavy atom. The van der Waals surface area contributed by atoms with Crippen LogP contribution in [-0.2, 0) is 14.3 Å². The first-order valence-electron chi connectivity index (χ1n) is 26.2. The molecule has 6 heteroatoms. The molecule has 60 heavy (non-hydrogen) atoms. The van der Waals surface area contributed by atoms with Crippen LogP contribution in [0.25, 0.3) is 0 Å². The van der Waals surface area contributed by atoms with E-state index in [4.69, 9.17) is 4.74 Å². The topological polar surface area (TPSA) is 95.9 Å². The number of unbranched alkanes of at least 4 members (excludes halogenated alkanes) is 31. The Balaban J connectivity index is 3.45. The molecule has 3 N–H and O–H groups in total. The van der Waals surface area contributed by atoms with Crippen LogP contribution in [0.1, 0.15) is 271 Å². The highest BCUT2D eigenvalue weighted by molar-refractivity contribution is 5.76. The molecule has 0 bridgehead atoms. The van der Waals surface area contributed by atoms with Gasteiger partial charge in [0, 0.05) is 12.8 Å². The molecule has 0 radical (unpaired) electrons. The van der Waals surface area contributed by atoms with Crippen molar-refractivity contribution in [1.82, 2.24) is 5.32 Å². The number of carbonyl (C=O) groups excluding carboxylic acids is 2. The average molecular weight is 844 g/mol. The van der Waals surface area contributed by atoms with E-state index in [0.717, 1.165) is 70.6 Å². The first-order valence-corrected chi connectivity index (χ1v) is 26.2. The zero-order chi connectivity index (χ0) is 43.7. The van der Waals surface area contributed by atoms with Crippen LogP contribution < -0.4 is 5.32 Å². The van der Waals surface area contributed by atoms with Gasteiger partial charge in [0.25, 0.3) is 0 Å². The molecule has 0 saturated carbocycles. The predicted molar refractivity (Wildman–Crippen MR) is 259 cm³/mol. The fourth-order valence-corrected chi connectivity index (χ4v) is 7.83. The Labute approximate surface area is 373 Å². The van der Waals surface area contributed by atoms with Crippen molar-refractivity contribution in [2.24, 2.45) is 0 Å². The lowest BCUT2D eigenvalue weighted by atomic mass is 10.0. The average Bonchev–Trinajstić information content (AvgIpc) is 3.25. The van der Waals surface area contributed by atoms with Crippen LogP contribution >= 0.6 is 0 Å². The van der Waals surface area contributed by atoms with Gasteiger partial charge in [-0.3, -0.25) is 9.59 Å². The van der Waals surface area contributed by atoms with E-state index in [1.54, 1.807) is 0 Å². The van der Waals surface area contributed by atoms with Gasteiger partial charge in [0.1, 0.15) is 0 Å². The van der Waals surface area contributed by atoms with E-state index >= 15 is 0 Å². The molecule has 6 nitrogen and oxygen atoms in total. The maximum atomic E-state index is 12.4. The van der Waals surface area contributed by atoms with E-state index in [0.29, 0.717) is 25.9 Å². The lowest BCUT2D eigenvalue weighted by Gasteiger charge is -2.22. The summed E-state index contributed by atoms with van der Waals surface area (Å²) in [5.41, 5.74) is 0. The molecule has 0 saturated heterocycles. The molecule has 0 aromatic heterocycles. The lowest BCUT2D eigenvalue weighted by Crippen LogP contribution is -2.45. The Morgan fingerprint density at radius 2 is 0.850 bits per heavy atom. The predicted octanol–water partition coefficient (Wildman–Crippen LogP) is 15.7. The molecule has 0 fully saturated rings. The number of aliphatic hydroxyl groups excluding tert-OH is 2. The number of aliphatic hydroxyl groups is 2. The number of ether oxygens (including phenoxy) is 1. The van der Waals surface area contributed by atoms with E-state index in [-0.39, 0.29) is 18.5 Å². The summed E-state index contributed by atoms with van der Waals surface area (Å²) in [6.45, 7) is 4.87. The van der Waals surface area contributed by atoms with E-state index in [2.05, 4.69) is 55.6 Å². The third-order valence-electron chi connectivity index (χ3n) is 11.9. The lowest BCUT2D eigenvalue weighted by molar-refractivity contribution is -0.143. The van der Waals surface area contributed by atoms with Crippen LogP contribution in [0.15, 0.2) is 36.5 Å². The molecule has 0 rings (SSSR count). The van der Waals surface area contributed by atoms with Crippen LogP contribution in [0.5, 0.6) is 0 Å². The molecule has 0 spiro atoms. The minimum Gasteiger partial charge on any atom is -0.466 e. The number of nitrogens with one attached hydrogen (secondary N) is 1. The maximum absolute atomic E-state index is 12.4. The molecule has 0 aliphatic heterocycles. The fourth-order valence-electron chi connectivity index (χ4n) is 7.83. The van der Waals surface area contributed by atoms with Crippen molar-refractivity contribution in [3.05, 3.63) is 36.5 Å². The van der Waals surface area contributed by atoms with E-state index in [1.807, 2.05) is 0 Å². The van der Waals surface area contributed by atoms with E-state index in [9.17, 15) is 19.8 Å². The summed E-state index contributed by atoms with van der Waals surface area (Å²) in [6.07, 6.45) is 59.7. The summed E-state index contributed by atoms with van der Waals surface area (Å²) in [5, 5.41) is 23.1. The SMILES string of the molecule is CCCC/C=C\C/C=C\CCCCCCCC(=O)OCCCCCCCCCCC/C=C\CCCCCCCC(=O)NC(CO)C(O)CCCCCCCCCCCCC. The van der Waals surface area contributed by atoms with Crippen LogP contribution in [-0.4, -0.2) is 47.4 Å². The van der Waals surface area contributed by atoms with Crippen LogP contribution in [0, 0.1) is 0 Å². The van der Waals surface area contributed by atoms with Gasteiger partial charge in [0.05, 0.1) is 25.4 Å². The standard InChI is InChI=1S/C54H101NO5/c1-3-5-7-9-11-13-15-16-24-28-32-36-40-44-48-54(59)60-49-45-41-37-33-29-25-22-20-18-17-19-21-23-27-31-35-39-43-47-53(58)55-51(50-56)52(57)46-42-38-34-30-26-14-12-10-8-6-4-2/h9,11,15-16,19,21,51-52,56-57H,3-8,10,12-14,17-18,20,22-50H2,1-2H3,(H,55,58)/b11-9-,16-15-,21-19-. The Bertz CT molecular complexity index is 977. The number of hydrogen-bond donors (Lipinski definition) is 3. The number of hydrogen-bond acceptors (Lipinski definition) is 5. The Kier molecular flexibility index (Phi) is 48.1. The first kappa shape index (κ1) is 58.1. The van der Waals surface area contributed by atoms with Gasteiger partial charge in [-0.25, -0.2) is 0 Å². The van der Waals surface area contributed by atoms with Crippen LogP contribution in [0.3, 0.4) is 0 Å². The summed E-state index contributed by atoms with van der Waals surface area (Å²) in [6, 6.07) is -0.550. The molecule has 1 amide bonds. The number of esters is 1. The van der Waals surface area contributed by atoms with Gasteiger partial charge in [0.15, 0.2) is 0 Å².